The van der Waals surface area contributed by atoms with Crippen LogP contribution < -0.4 is 15.2 Å². The molecule has 0 atom stereocenters. The standard InChI is InChI=1S/C40H40F5N3O5/c1-25-19-30(21-31(20-25)40(43,44)45)39-47-37(28-10-12-35(50-2)32(41)22-28)38(29-11-13-36(51-3)33(42)23-29)48(39)24-26-6-8-27(9-7-26)34(49)5-4-15-52-17-18-53-16-14-46/h6-13,19-23H,4-5,14-18,24,46H2,1-3H3. The number of hydrogen-bond donors (Lipinski definition) is 1. The molecule has 0 aliphatic rings. The number of hydrogen-bond acceptors (Lipinski definition) is 7. The zero-order valence-corrected chi connectivity index (χ0v) is 29.6. The summed E-state index contributed by atoms with van der Waals surface area (Å²) in [5.74, 6) is -1.37. The Labute approximate surface area is 304 Å². The van der Waals surface area contributed by atoms with Gasteiger partial charge in [-0.05, 0) is 79.1 Å². The number of methoxy groups -OCH3 is 2. The predicted molar refractivity (Wildman–Crippen MR) is 191 cm³/mol. The fourth-order valence-corrected chi connectivity index (χ4v) is 5.89. The topological polar surface area (TPSA) is 97.8 Å². The maximum Gasteiger partial charge on any atom is 0.416 e. The number of rotatable bonds is 17. The molecule has 8 nitrogen and oxygen atoms in total. The van der Waals surface area contributed by atoms with Gasteiger partial charge < -0.3 is 29.2 Å². The van der Waals surface area contributed by atoms with Crippen molar-refractivity contribution >= 4 is 5.78 Å². The molecular formula is C40H40F5N3O5. The highest BCUT2D eigenvalue weighted by Crippen LogP contribution is 2.41. The maximum absolute atomic E-state index is 15.3. The van der Waals surface area contributed by atoms with Crippen LogP contribution in [-0.4, -0.2) is 62.5 Å². The van der Waals surface area contributed by atoms with Gasteiger partial charge in [-0.15, -0.1) is 0 Å². The predicted octanol–water partition coefficient (Wildman–Crippen LogP) is 8.51. The number of nitrogens with zero attached hydrogens (tertiary/aromatic N) is 2. The van der Waals surface area contributed by atoms with Gasteiger partial charge in [-0.2, -0.15) is 13.2 Å². The molecule has 13 heteroatoms. The van der Waals surface area contributed by atoms with E-state index in [0.717, 1.165) is 12.1 Å². The molecule has 5 rings (SSSR count). The number of aryl methyl sites for hydroxylation is 1. The molecule has 0 aliphatic heterocycles. The molecule has 4 aromatic carbocycles. The smallest absolute Gasteiger partial charge is 0.416 e. The van der Waals surface area contributed by atoms with Gasteiger partial charge in [0.2, 0.25) is 0 Å². The van der Waals surface area contributed by atoms with Crippen molar-refractivity contribution in [1.29, 1.82) is 0 Å². The highest BCUT2D eigenvalue weighted by Gasteiger charge is 2.32. The van der Waals surface area contributed by atoms with E-state index in [1.807, 2.05) is 0 Å². The van der Waals surface area contributed by atoms with Crippen molar-refractivity contribution in [3.63, 3.8) is 0 Å². The van der Waals surface area contributed by atoms with Crippen LogP contribution in [0.5, 0.6) is 11.5 Å². The number of alkyl halides is 3. The summed E-state index contributed by atoms with van der Waals surface area (Å²) in [4.78, 5) is 17.8. The van der Waals surface area contributed by atoms with Gasteiger partial charge in [0.05, 0.1) is 51.0 Å². The average molecular weight is 738 g/mol. The molecule has 53 heavy (non-hydrogen) atoms. The number of imidazole rings is 1. The number of aromatic nitrogens is 2. The lowest BCUT2D eigenvalue weighted by molar-refractivity contribution is -0.137. The molecule has 1 heterocycles. The maximum atomic E-state index is 15.3. The van der Waals surface area contributed by atoms with Gasteiger partial charge in [-0.1, -0.05) is 24.3 Å². The zero-order chi connectivity index (χ0) is 38.1. The minimum Gasteiger partial charge on any atom is -0.494 e. The number of carbonyl (C=O) groups is 1. The molecule has 0 spiro atoms. The van der Waals surface area contributed by atoms with Gasteiger partial charge in [0.1, 0.15) is 5.82 Å². The van der Waals surface area contributed by atoms with Crippen LogP contribution in [0.2, 0.25) is 0 Å². The monoisotopic (exact) mass is 737 g/mol. The Morgan fingerprint density at radius 3 is 2.00 bits per heavy atom. The lowest BCUT2D eigenvalue weighted by Gasteiger charge is -2.16. The summed E-state index contributed by atoms with van der Waals surface area (Å²) in [6.07, 6.45) is -3.86. The molecule has 0 amide bonds. The first kappa shape index (κ1) is 39.1. The van der Waals surface area contributed by atoms with Crippen LogP contribution in [0.3, 0.4) is 0 Å². The minimum absolute atomic E-state index is 0.0194. The highest BCUT2D eigenvalue weighted by atomic mass is 19.4. The minimum atomic E-state index is -4.64. The lowest BCUT2D eigenvalue weighted by atomic mass is 10.0. The number of ketones is 1. The van der Waals surface area contributed by atoms with Crippen molar-refractivity contribution in [3.05, 3.63) is 113 Å². The Bertz CT molecular complexity index is 2030. The normalized spacial score (nSPS) is 11.6. The van der Waals surface area contributed by atoms with Gasteiger partial charge >= 0.3 is 6.18 Å². The molecule has 0 bridgehead atoms. The second-order valence-corrected chi connectivity index (χ2v) is 12.2. The van der Waals surface area contributed by atoms with Crippen LogP contribution >= 0.6 is 0 Å². The van der Waals surface area contributed by atoms with Crippen LogP contribution in [0.15, 0.2) is 78.9 Å². The van der Waals surface area contributed by atoms with Gasteiger partial charge in [-0.3, -0.25) is 4.79 Å². The van der Waals surface area contributed by atoms with E-state index in [0.29, 0.717) is 67.3 Å². The largest absolute Gasteiger partial charge is 0.494 e. The first-order valence-electron chi connectivity index (χ1n) is 16.9. The molecule has 0 fully saturated rings. The van der Waals surface area contributed by atoms with E-state index in [2.05, 4.69) is 0 Å². The summed E-state index contributed by atoms with van der Waals surface area (Å²) in [5.41, 5.74) is 7.26. The van der Waals surface area contributed by atoms with Gasteiger partial charge in [-0.25, -0.2) is 13.8 Å². The van der Waals surface area contributed by atoms with Crippen LogP contribution in [0.4, 0.5) is 22.0 Å². The van der Waals surface area contributed by atoms with Crippen LogP contribution in [-0.2, 0) is 22.2 Å². The summed E-state index contributed by atoms with van der Waals surface area (Å²) in [5, 5.41) is 0. The van der Waals surface area contributed by atoms with E-state index < -0.39 is 23.4 Å². The summed E-state index contributed by atoms with van der Waals surface area (Å²) >= 11 is 0. The molecule has 0 unspecified atom stereocenters. The number of benzene rings is 4. The fraction of sp³-hybridized carbons (Fsp3) is 0.300. The van der Waals surface area contributed by atoms with E-state index in [4.69, 9.17) is 29.7 Å². The molecule has 1 aromatic heterocycles. The lowest BCUT2D eigenvalue weighted by Crippen LogP contribution is -2.12. The Hall–Kier alpha value is -5.11. The van der Waals surface area contributed by atoms with Crippen LogP contribution in [0.25, 0.3) is 33.9 Å². The third kappa shape index (κ3) is 9.66. The van der Waals surface area contributed by atoms with Crippen molar-refractivity contribution in [2.24, 2.45) is 5.73 Å². The quantitative estimate of drug-likeness (QED) is 0.0581. The average Bonchev–Trinajstić information content (AvgIpc) is 3.51. The summed E-state index contributed by atoms with van der Waals surface area (Å²) < 4.78 is 95.2. The number of Topliss-reactive ketones (excluding diaryl/α,β-unsaturated/α-hetero) is 1. The van der Waals surface area contributed by atoms with Gasteiger partial charge in [0.15, 0.2) is 28.9 Å². The Morgan fingerprint density at radius 2 is 1.40 bits per heavy atom. The van der Waals surface area contributed by atoms with E-state index in [1.165, 1.54) is 38.5 Å². The Morgan fingerprint density at radius 1 is 0.774 bits per heavy atom. The summed E-state index contributed by atoms with van der Waals surface area (Å²) in [6.45, 7) is 3.70. The van der Waals surface area contributed by atoms with Crippen molar-refractivity contribution in [1.82, 2.24) is 9.55 Å². The summed E-state index contributed by atoms with van der Waals surface area (Å²) in [7, 11) is 2.65. The Kier molecular flexibility index (Phi) is 13.0. The van der Waals surface area contributed by atoms with E-state index in [9.17, 15) is 18.0 Å². The SMILES string of the molecule is COc1ccc(-c2nc(-c3cc(C)cc(C(F)(F)F)c3)n(Cc3ccc(C(=O)CCCOCCOCCN)cc3)c2-c2ccc(OC)c(F)c2)cc1F. The molecule has 280 valence electrons. The second-order valence-electron chi connectivity index (χ2n) is 12.2. The zero-order valence-electron chi connectivity index (χ0n) is 29.6. The molecule has 0 saturated heterocycles. The molecular weight excluding hydrogens is 697 g/mol. The van der Waals surface area contributed by atoms with Crippen LogP contribution in [0, 0.1) is 18.6 Å². The van der Waals surface area contributed by atoms with Gasteiger partial charge in [0.25, 0.3) is 0 Å². The number of ether oxygens (including phenoxy) is 4. The van der Waals surface area contributed by atoms with E-state index in [1.54, 1.807) is 54.0 Å². The van der Waals surface area contributed by atoms with E-state index in [-0.39, 0.29) is 52.9 Å². The number of nitrogens with two attached hydrogens (primary N) is 1. The first-order chi connectivity index (χ1) is 25.4. The van der Waals surface area contributed by atoms with Gasteiger partial charge in [0, 0.05) is 48.4 Å². The van der Waals surface area contributed by atoms with Crippen LogP contribution in [0.1, 0.15) is 39.9 Å². The first-order valence-corrected chi connectivity index (χ1v) is 16.9. The highest BCUT2D eigenvalue weighted by molar-refractivity contribution is 5.96. The van der Waals surface area contributed by atoms with Crippen molar-refractivity contribution in [2.45, 2.75) is 32.5 Å². The van der Waals surface area contributed by atoms with E-state index >= 15 is 8.78 Å². The molecule has 2 N–H and O–H groups in total. The molecule has 0 aliphatic carbocycles. The third-order valence-corrected chi connectivity index (χ3v) is 8.42. The number of halogens is 5. The third-order valence-electron chi connectivity index (χ3n) is 8.42. The fourth-order valence-electron chi connectivity index (χ4n) is 5.89. The number of carbonyl (C=O) groups excluding carboxylic acids is 1. The second kappa shape index (κ2) is 17.6. The van der Waals surface area contributed by atoms with Crippen molar-refractivity contribution < 1.29 is 45.7 Å². The molecule has 0 saturated carbocycles. The molecule has 5 aromatic rings. The van der Waals surface area contributed by atoms with Crippen molar-refractivity contribution in [2.75, 3.05) is 47.2 Å². The Balaban J connectivity index is 1.57. The summed E-state index contributed by atoms with van der Waals surface area (Å²) in [6, 6.07) is 18.9. The van der Waals surface area contributed by atoms with Crippen molar-refractivity contribution in [3.8, 4) is 45.4 Å². The molecule has 0 radical (unpaired) electrons.